The van der Waals surface area contributed by atoms with E-state index in [1.165, 1.54) is 11.0 Å². The third-order valence-electron chi connectivity index (χ3n) is 2.01. The third-order valence-corrected chi connectivity index (χ3v) is 2.70. The summed E-state index contributed by atoms with van der Waals surface area (Å²) in [4.78, 5) is 15.4. The van der Waals surface area contributed by atoms with Crippen LogP contribution in [0.4, 0.5) is 11.6 Å². The van der Waals surface area contributed by atoms with Crippen molar-refractivity contribution in [1.82, 2.24) is 14.8 Å². The van der Waals surface area contributed by atoms with Gasteiger partial charge in [0.1, 0.15) is 12.9 Å². The van der Waals surface area contributed by atoms with Crippen LogP contribution in [0.3, 0.4) is 0 Å². The first-order valence-electron chi connectivity index (χ1n) is 4.84. The molecule has 0 aliphatic rings. The van der Waals surface area contributed by atoms with Crippen molar-refractivity contribution in [3.63, 3.8) is 0 Å². The molecule has 2 aromatic rings. The van der Waals surface area contributed by atoms with Crippen LogP contribution in [0.2, 0.25) is 0 Å². The van der Waals surface area contributed by atoms with Gasteiger partial charge >= 0.3 is 0 Å². The smallest absolute Gasteiger partial charge is 0.246 e. The lowest BCUT2D eigenvalue weighted by Gasteiger charge is -2.06. The summed E-state index contributed by atoms with van der Waals surface area (Å²) in [6.07, 6.45) is 1.41. The number of hydrogen-bond donors (Lipinski definition) is 2. The fraction of sp³-hybridized carbons (Fsp3) is 0.100. The first kappa shape index (κ1) is 11.6. The quantitative estimate of drug-likeness (QED) is 0.893. The lowest BCUT2D eigenvalue weighted by atomic mass is 10.3. The molecule has 1 aromatic heterocycles. The number of nitrogens with zero attached hydrogens (tertiary/aromatic N) is 3. The van der Waals surface area contributed by atoms with Crippen LogP contribution in [-0.4, -0.2) is 20.7 Å². The van der Waals surface area contributed by atoms with Crippen LogP contribution in [0.1, 0.15) is 0 Å². The first-order valence-corrected chi connectivity index (χ1v) is 5.64. The molecule has 88 valence electrons. The molecular weight excluding hydrogens is 286 g/mol. The van der Waals surface area contributed by atoms with E-state index in [1.807, 2.05) is 18.2 Å². The summed E-state index contributed by atoms with van der Waals surface area (Å²) < 4.78 is 2.20. The first-order chi connectivity index (χ1) is 8.15. The second-order valence-electron chi connectivity index (χ2n) is 3.33. The maximum atomic E-state index is 11.7. The average Bonchev–Trinajstić information content (AvgIpc) is 2.67. The molecule has 1 amide bonds. The Balaban J connectivity index is 2.01. The van der Waals surface area contributed by atoms with E-state index in [-0.39, 0.29) is 18.4 Å². The van der Waals surface area contributed by atoms with Crippen LogP contribution in [0.5, 0.6) is 0 Å². The molecule has 2 rings (SSSR count). The highest BCUT2D eigenvalue weighted by atomic mass is 79.9. The molecule has 0 saturated heterocycles. The van der Waals surface area contributed by atoms with Gasteiger partial charge in [-0.3, -0.25) is 4.79 Å². The minimum Gasteiger partial charge on any atom is -0.367 e. The maximum absolute atomic E-state index is 11.7. The van der Waals surface area contributed by atoms with E-state index in [4.69, 9.17) is 5.73 Å². The van der Waals surface area contributed by atoms with Gasteiger partial charge in [-0.05, 0) is 28.1 Å². The number of para-hydroxylation sites is 1. The monoisotopic (exact) mass is 295 g/mol. The standard InChI is InChI=1S/C10H10BrN5O/c11-7-3-1-2-4-8(7)14-9(17)5-16-6-13-10(12)15-16/h1-4,6H,5H2,(H2,12,15)(H,14,17). The molecule has 0 spiro atoms. The maximum Gasteiger partial charge on any atom is 0.246 e. The van der Waals surface area contributed by atoms with Gasteiger partial charge in [-0.2, -0.15) is 0 Å². The number of nitrogens with two attached hydrogens (primary N) is 1. The highest BCUT2D eigenvalue weighted by Gasteiger charge is 2.06. The van der Waals surface area contributed by atoms with Crippen molar-refractivity contribution >= 4 is 33.5 Å². The number of anilines is 2. The van der Waals surface area contributed by atoms with Gasteiger partial charge in [0.05, 0.1) is 5.69 Å². The Morgan fingerprint density at radius 3 is 2.88 bits per heavy atom. The SMILES string of the molecule is Nc1ncn(CC(=O)Nc2ccccc2Br)n1. The molecule has 7 heteroatoms. The molecular formula is C10H10BrN5O. The van der Waals surface area contributed by atoms with E-state index < -0.39 is 0 Å². The van der Waals surface area contributed by atoms with Gasteiger partial charge in [-0.1, -0.05) is 12.1 Å². The van der Waals surface area contributed by atoms with E-state index in [1.54, 1.807) is 6.07 Å². The van der Waals surface area contributed by atoms with Crippen molar-refractivity contribution in [2.75, 3.05) is 11.1 Å². The van der Waals surface area contributed by atoms with E-state index >= 15 is 0 Å². The van der Waals surface area contributed by atoms with E-state index in [9.17, 15) is 4.79 Å². The topological polar surface area (TPSA) is 85.8 Å². The fourth-order valence-corrected chi connectivity index (χ4v) is 1.67. The summed E-state index contributed by atoms with van der Waals surface area (Å²) in [5, 5.41) is 6.58. The molecule has 6 nitrogen and oxygen atoms in total. The molecule has 0 aliphatic carbocycles. The number of carbonyl (C=O) groups is 1. The predicted molar refractivity (Wildman–Crippen MR) is 67.2 cm³/mol. The minimum absolute atomic E-state index is 0.0749. The molecule has 17 heavy (non-hydrogen) atoms. The minimum atomic E-state index is -0.193. The molecule has 0 saturated carbocycles. The molecule has 3 N–H and O–H groups in total. The lowest BCUT2D eigenvalue weighted by molar-refractivity contribution is -0.116. The zero-order valence-corrected chi connectivity index (χ0v) is 10.4. The normalized spacial score (nSPS) is 10.2. The van der Waals surface area contributed by atoms with E-state index in [0.29, 0.717) is 5.69 Å². The summed E-state index contributed by atoms with van der Waals surface area (Å²) in [5.41, 5.74) is 6.06. The largest absolute Gasteiger partial charge is 0.367 e. The number of hydrogen-bond acceptors (Lipinski definition) is 4. The van der Waals surface area contributed by atoms with E-state index in [2.05, 4.69) is 31.3 Å². The van der Waals surface area contributed by atoms with Crippen LogP contribution in [-0.2, 0) is 11.3 Å². The number of carbonyl (C=O) groups excluding carboxylic acids is 1. The molecule has 0 aliphatic heterocycles. The molecule has 1 aromatic carbocycles. The van der Waals surface area contributed by atoms with E-state index in [0.717, 1.165) is 4.47 Å². The Hall–Kier alpha value is -1.89. The predicted octanol–water partition coefficient (Wildman–Crippen LogP) is 1.26. The van der Waals surface area contributed by atoms with Gasteiger partial charge in [0.2, 0.25) is 11.9 Å². The van der Waals surface area contributed by atoms with Gasteiger partial charge in [-0.25, -0.2) is 9.67 Å². The van der Waals surface area contributed by atoms with Crippen LogP contribution < -0.4 is 11.1 Å². The Morgan fingerprint density at radius 2 is 2.24 bits per heavy atom. The summed E-state index contributed by atoms with van der Waals surface area (Å²) >= 11 is 3.34. The summed E-state index contributed by atoms with van der Waals surface area (Å²) in [7, 11) is 0. The zero-order valence-electron chi connectivity index (χ0n) is 8.80. The van der Waals surface area contributed by atoms with Gasteiger partial charge < -0.3 is 11.1 Å². The van der Waals surface area contributed by atoms with Gasteiger partial charge in [0.25, 0.3) is 0 Å². The number of aromatic nitrogens is 3. The fourth-order valence-electron chi connectivity index (χ4n) is 1.28. The Morgan fingerprint density at radius 1 is 1.47 bits per heavy atom. The van der Waals surface area contributed by atoms with Gasteiger partial charge in [0.15, 0.2) is 0 Å². The molecule has 1 heterocycles. The highest BCUT2D eigenvalue weighted by Crippen LogP contribution is 2.20. The number of nitrogen functional groups attached to an aromatic ring is 1. The second kappa shape index (κ2) is 4.96. The van der Waals surface area contributed by atoms with Crippen molar-refractivity contribution in [1.29, 1.82) is 0 Å². The zero-order chi connectivity index (χ0) is 12.3. The molecule has 0 unspecified atom stereocenters. The number of benzene rings is 1. The Kier molecular flexibility index (Phi) is 3.38. The molecule has 0 bridgehead atoms. The third kappa shape index (κ3) is 3.04. The van der Waals surface area contributed by atoms with Crippen molar-refractivity contribution < 1.29 is 4.79 Å². The lowest BCUT2D eigenvalue weighted by Crippen LogP contribution is -2.19. The summed E-state index contributed by atoms with van der Waals surface area (Å²) in [6.45, 7) is 0.0749. The molecule has 0 radical (unpaired) electrons. The average molecular weight is 296 g/mol. The Bertz CT molecular complexity index is 539. The Labute approximate surface area is 106 Å². The second-order valence-corrected chi connectivity index (χ2v) is 4.18. The molecule has 0 atom stereocenters. The van der Waals surface area contributed by atoms with Crippen molar-refractivity contribution in [3.8, 4) is 0 Å². The number of rotatable bonds is 3. The highest BCUT2D eigenvalue weighted by molar-refractivity contribution is 9.10. The van der Waals surface area contributed by atoms with Gasteiger partial charge in [-0.15, -0.1) is 5.10 Å². The number of halogens is 1. The summed E-state index contributed by atoms with van der Waals surface area (Å²) in [5.74, 6) is -0.0412. The summed E-state index contributed by atoms with van der Waals surface area (Å²) in [6, 6.07) is 7.37. The van der Waals surface area contributed by atoms with Crippen LogP contribution >= 0.6 is 15.9 Å². The number of amides is 1. The van der Waals surface area contributed by atoms with Crippen LogP contribution in [0, 0.1) is 0 Å². The number of nitrogens with one attached hydrogen (secondary N) is 1. The van der Waals surface area contributed by atoms with Crippen molar-refractivity contribution in [2.24, 2.45) is 0 Å². The van der Waals surface area contributed by atoms with Gasteiger partial charge in [0, 0.05) is 4.47 Å². The van der Waals surface area contributed by atoms with Crippen molar-refractivity contribution in [3.05, 3.63) is 35.1 Å². The molecule has 0 fully saturated rings. The van der Waals surface area contributed by atoms with Crippen LogP contribution in [0.25, 0.3) is 0 Å². The van der Waals surface area contributed by atoms with Crippen molar-refractivity contribution in [2.45, 2.75) is 6.54 Å². The van der Waals surface area contributed by atoms with Crippen LogP contribution in [0.15, 0.2) is 35.1 Å².